The van der Waals surface area contributed by atoms with Crippen molar-refractivity contribution < 1.29 is 26.3 Å². The summed E-state index contributed by atoms with van der Waals surface area (Å²) in [6.07, 6.45) is 4.09. The predicted molar refractivity (Wildman–Crippen MR) is 94.9 cm³/mol. The number of rotatable bonds is 4. The van der Waals surface area contributed by atoms with Crippen LogP contribution in [0.5, 0.6) is 0 Å². The highest BCUT2D eigenvalue weighted by atomic mass is 16.5. The van der Waals surface area contributed by atoms with E-state index in [-0.39, 0.29) is 37.7 Å². The molecule has 0 spiro atoms. The van der Waals surface area contributed by atoms with Gasteiger partial charge in [0.1, 0.15) is 12.4 Å². The fraction of sp³-hybridized carbons (Fsp3) is 0.750. The first-order valence-electron chi connectivity index (χ1n) is 9.28. The van der Waals surface area contributed by atoms with E-state index < -0.39 is 17.5 Å². The van der Waals surface area contributed by atoms with E-state index in [2.05, 4.69) is 13.5 Å². The normalized spacial score (nSPS) is 41.7. The van der Waals surface area contributed by atoms with E-state index in [0.717, 1.165) is 25.7 Å². The Morgan fingerprint density at radius 3 is 2.68 bits per heavy atom. The third-order valence-electron chi connectivity index (χ3n) is 7.31. The van der Waals surface area contributed by atoms with Gasteiger partial charge < -0.3 is 20.1 Å². The lowest BCUT2D eigenvalue weighted by Gasteiger charge is -2.60. The van der Waals surface area contributed by atoms with Gasteiger partial charge in [0.05, 0.1) is 18.3 Å². The average Bonchev–Trinajstić information content (AvgIpc) is 2.89. The molecule has 3 rings (SSSR count). The maximum absolute atomic E-state index is 11.8. The Morgan fingerprint density at radius 2 is 2.08 bits per heavy atom. The van der Waals surface area contributed by atoms with Gasteiger partial charge in [0.15, 0.2) is 0 Å². The topological polar surface area (TPSA) is 87.0 Å². The summed E-state index contributed by atoms with van der Waals surface area (Å²) in [6, 6.07) is 0. The number of allylic oxidation sites excluding steroid dienone is 1. The molecule has 140 valence electrons. The highest BCUT2D eigenvalue weighted by molar-refractivity contribution is 5.91. The number of carbonyl (C=O) groups is 1. The number of aliphatic hydroxyl groups is 3. The van der Waals surface area contributed by atoms with Gasteiger partial charge in [-0.3, -0.25) is 0 Å². The second-order valence-corrected chi connectivity index (χ2v) is 8.57. The zero-order valence-electron chi connectivity index (χ0n) is 16.3. The Hall–Kier alpha value is -1.33. The van der Waals surface area contributed by atoms with Crippen molar-refractivity contribution >= 4 is 5.97 Å². The van der Waals surface area contributed by atoms with Gasteiger partial charge in [0, 0.05) is 5.41 Å². The van der Waals surface area contributed by atoms with E-state index >= 15 is 0 Å². The Kier molecular flexibility index (Phi) is 4.75. The van der Waals surface area contributed by atoms with Crippen LogP contribution in [0, 0.1) is 22.7 Å². The lowest BCUT2D eigenvalue weighted by Crippen LogP contribution is -2.57. The van der Waals surface area contributed by atoms with Crippen LogP contribution in [-0.4, -0.2) is 40.6 Å². The molecule has 2 aliphatic carbocycles. The first-order chi connectivity index (χ1) is 11.7. The molecule has 0 saturated heterocycles. The molecule has 0 radical (unpaired) electrons. The molecule has 0 bridgehead atoms. The highest BCUT2D eigenvalue weighted by Gasteiger charge is 2.57. The molecule has 5 heteroatoms. The molecule has 0 amide bonds. The number of esters is 1. The minimum Gasteiger partial charge on any atom is -0.508 e. The van der Waals surface area contributed by atoms with Gasteiger partial charge in [-0.2, -0.15) is 0 Å². The smallest absolute Gasteiger partial charge is 0.508 e. The molecule has 25 heavy (non-hydrogen) atoms. The third kappa shape index (κ3) is 2.81. The summed E-state index contributed by atoms with van der Waals surface area (Å²) in [5, 5.41) is 30.4. The van der Waals surface area contributed by atoms with Gasteiger partial charge in [0.2, 0.25) is 0 Å². The van der Waals surface area contributed by atoms with Gasteiger partial charge in [-0.05, 0) is 55.8 Å². The monoisotopic (exact) mass is 351 g/mol. The van der Waals surface area contributed by atoms with Crippen molar-refractivity contribution in [2.45, 2.75) is 58.5 Å². The highest BCUT2D eigenvalue weighted by Crippen LogP contribution is 2.61. The van der Waals surface area contributed by atoms with Crippen LogP contribution in [0.25, 0.3) is 0 Å². The molecule has 0 aromatic heterocycles. The van der Waals surface area contributed by atoms with E-state index in [9.17, 15) is 20.1 Å². The SMILES string of the molecule is C=C1CC[C@@H]2[C@](C)(CO)[C@H](O)CC[C@@]2(C)[C@@H]1CCC1=C(O)COC1=O.[H+]. The summed E-state index contributed by atoms with van der Waals surface area (Å²) in [5.41, 5.74) is 1.01. The predicted octanol–water partition coefficient (Wildman–Crippen LogP) is 2.99. The lowest BCUT2D eigenvalue weighted by molar-refractivity contribution is -0.152. The summed E-state index contributed by atoms with van der Waals surface area (Å²) in [5.74, 6) is 0.0490. The first kappa shape index (κ1) is 18.5. The van der Waals surface area contributed by atoms with Gasteiger partial charge in [0.25, 0.3) is 0 Å². The zero-order valence-corrected chi connectivity index (χ0v) is 15.3. The molecule has 5 nitrogen and oxygen atoms in total. The Balaban J connectivity index is 0.00000243. The third-order valence-corrected chi connectivity index (χ3v) is 7.31. The van der Waals surface area contributed by atoms with Crippen LogP contribution in [0.2, 0.25) is 0 Å². The molecule has 1 aliphatic heterocycles. The van der Waals surface area contributed by atoms with Crippen LogP contribution in [-0.2, 0) is 9.53 Å². The van der Waals surface area contributed by atoms with E-state index in [4.69, 9.17) is 4.74 Å². The van der Waals surface area contributed by atoms with E-state index in [1.54, 1.807) is 0 Å². The molecule has 5 atom stereocenters. The number of cyclic esters (lactones) is 1. The molecule has 1 heterocycles. The maximum Gasteiger partial charge on any atom is 1.00 e. The van der Waals surface area contributed by atoms with Crippen LogP contribution >= 0.6 is 0 Å². The van der Waals surface area contributed by atoms with E-state index in [1.165, 1.54) is 5.57 Å². The standard InChI is InChI=1S/C20H30O5/c1-12-4-7-16-19(2,9-8-17(23)20(16,3)11-21)14(12)6-5-13-15(22)10-25-18(13)24/h14,16-17,21-23H,1,4-11H2,2-3H3/p+1/t14-,16+,17-,19+,20+/m1/s1. The van der Waals surface area contributed by atoms with Gasteiger partial charge in [-0.15, -0.1) is 0 Å². The molecule has 0 unspecified atom stereocenters. The molecule has 3 N–H and O–H groups in total. The van der Waals surface area contributed by atoms with Gasteiger partial charge in [-0.25, -0.2) is 4.79 Å². The van der Waals surface area contributed by atoms with Crippen molar-refractivity contribution in [3.63, 3.8) is 0 Å². The van der Waals surface area contributed by atoms with Crippen LogP contribution < -0.4 is 0 Å². The number of ether oxygens (including phenoxy) is 1. The summed E-state index contributed by atoms with van der Waals surface area (Å²) in [7, 11) is 0. The van der Waals surface area contributed by atoms with Crippen molar-refractivity contribution in [1.29, 1.82) is 0 Å². The van der Waals surface area contributed by atoms with Crippen LogP contribution in [0.3, 0.4) is 0 Å². The Bertz CT molecular complexity index is 615. The Morgan fingerprint density at radius 1 is 1.36 bits per heavy atom. The molecule has 3 aliphatic rings. The second-order valence-electron chi connectivity index (χ2n) is 8.57. The van der Waals surface area contributed by atoms with E-state index in [1.807, 2.05) is 6.92 Å². The number of hydrogen-bond donors (Lipinski definition) is 3. The van der Waals surface area contributed by atoms with Crippen LogP contribution in [0.4, 0.5) is 0 Å². The van der Waals surface area contributed by atoms with Crippen molar-refractivity contribution in [1.82, 2.24) is 0 Å². The van der Waals surface area contributed by atoms with Crippen molar-refractivity contribution in [3.8, 4) is 0 Å². The minimum atomic E-state index is -0.500. The fourth-order valence-electron chi connectivity index (χ4n) is 5.69. The maximum atomic E-state index is 11.8. The quantitative estimate of drug-likeness (QED) is 0.535. The molecular weight excluding hydrogens is 320 g/mol. The van der Waals surface area contributed by atoms with Crippen LogP contribution in [0.1, 0.15) is 53.8 Å². The number of hydrogen-bond acceptors (Lipinski definition) is 5. The second kappa shape index (κ2) is 6.44. The number of aliphatic hydroxyl groups excluding tert-OH is 3. The molecular formula is C20H31O5+. The molecule has 0 aromatic rings. The van der Waals surface area contributed by atoms with Crippen LogP contribution in [0.15, 0.2) is 23.5 Å². The summed E-state index contributed by atoms with van der Waals surface area (Å²) in [6.45, 7) is 8.48. The Labute approximate surface area is 150 Å². The summed E-state index contributed by atoms with van der Waals surface area (Å²) in [4.78, 5) is 11.8. The number of fused-ring (bicyclic) bond motifs is 1. The fourth-order valence-corrected chi connectivity index (χ4v) is 5.69. The van der Waals surface area contributed by atoms with Crippen molar-refractivity contribution in [2.75, 3.05) is 13.2 Å². The van der Waals surface area contributed by atoms with Crippen molar-refractivity contribution in [2.24, 2.45) is 22.7 Å². The first-order valence-corrected chi connectivity index (χ1v) is 9.28. The average molecular weight is 351 g/mol. The van der Waals surface area contributed by atoms with E-state index in [0.29, 0.717) is 18.4 Å². The molecule has 2 saturated carbocycles. The van der Waals surface area contributed by atoms with Gasteiger partial charge >= 0.3 is 7.40 Å². The van der Waals surface area contributed by atoms with Gasteiger partial charge in [-0.1, -0.05) is 26.0 Å². The minimum absolute atomic E-state index is 0. The summed E-state index contributed by atoms with van der Waals surface area (Å²) >= 11 is 0. The summed E-state index contributed by atoms with van der Waals surface area (Å²) < 4.78 is 4.89. The largest absolute Gasteiger partial charge is 1.00 e. The molecule has 2 fully saturated rings. The number of carbonyl (C=O) groups excluding carboxylic acids is 1. The lowest BCUT2D eigenvalue weighted by atomic mass is 9.46. The zero-order chi connectivity index (χ0) is 18.4. The van der Waals surface area contributed by atoms with Crippen molar-refractivity contribution in [3.05, 3.63) is 23.5 Å². The molecule has 0 aromatic carbocycles.